The molecule has 0 bridgehead atoms. The second-order valence-corrected chi connectivity index (χ2v) is 5.19. The standard InChI is InChI=1S/C11H13IN2O/c12-8-1-3-9(4-2-8)14-10(15)11(7-13)5-6-11/h1-4H,5-7,13H2,(H,14,15). The van der Waals surface area contributed by atoms with Crippen LogP contribution in [0.25, 0.3) is 0 Å². The molecule has 0 saturated heterocycles. The van der Waals surface area contributed by atoms with Crippen LogP contribution in [0.3, 0.4) is 0 Å². The van der Waals surface area contributed by atoms with E-state index in [-0.39, 0.29) is 11.3 Å². The zero-order valence-electron chi connectivity index (χ0n) is 8.29. The first-order chi connectivity index (χ1) is 7.16. The highest BCUT2D eigenvalue weighted by atomic mass is 127. The number of nitrogens with one attached hydrogen (secondary N) is 1. The summed E-state index contributed by atoms with van der Waals surface area (Å²) >= 11 is 2.23. The lowest BCUT2D eigenvalue weighted by Crippen LogP contribution is -2.30. The monoisotopic (exact) mass is 316 g/mol. The van der Waals surface area contributed by atoms with Gasteiger partial charge in [-0.1, -0.05) is 0 Å². The molecule has 1 aromatic rings. The molecule has 80 valence electrons. The Morgan fingerprint density at radius 2 is 2.00 bits per heavy atom. The Balaban J connectivity index is 2.03. The highest BCUT2D eigenvalue weighted by Gasteiger charge is 2.48. The van der Waals surface area contributed by atoms with Gasteiger partial charge in [-0.25, -0.2) is 0 Å². The molecule has 1 saturated carbocycles. The molecule has 3 nitrogen and oxygen atoms in total. The average Bonchev–Trinajstić information content (AvgIpc) is 3.02. The van der Waals surface area contributed by atoms with Crippen molar-refractivity contribution in [2.75, 3.05) is 11.9 Å². The number of carbonyl (C=O) groups is 1. The van der Waals surface area contributed by atoms with Crippen molar-refractivity contribution in [3.63, 3.8) is 0 Å². The van der Waals surface area contributed by atoms with Crippen molar-refractivity contribution >= 4 is 34.2 Å². The quantitative estimate of drug-likeness (QED) is 0.838. The van der Waals surface area contributed by atoms with Gasteiger partial charge in [0, 0.05) is 15.8 Å². The first kappa shape index (κ1) is 10.9. The minimum Gasteiger partial charge on any atom is -0.329 e. The van der Waals surface area contributed by atoms with Crippen molar-refractivity contribution in [1.82, 2.24) is 0 Å². The van der Waals surface area contributed by atoms with Gasteiger partial charge in [0.05, 0.1) is 5.41 Å². The van der Waals surface area contributed by atoms with Crippen LogP contribution in [0.5, 0.6) is 0 Å². The predicted octanol–water partition coefficient (Wildman–Crippen LogP) is 1.97. The lowest BCUT2D eigenvalue weighted by molar-refractivity contribution is -0.120. The van der Waals surface area contributed by atoms with E-state index in [4.69, 9.17) is 5.73 Å². The van der Waals surface area contributed by atoms with Gasteiger partial charge < -0.3 is 11.1 Å². The highest BCUT2D eigenvalue weighted by molar-refractivity contribution is 14.1. The Kier molecular flexibility index (Phi) is 2.97. The molecule has 0 heterocycles. The molecule has 1 aromatic carbocycles. The van der Waals surface area contributed by atoms with Gasteiger partial charge in [-0.3, -0.25) is 4.79 Å². The molecule has 0 unspecified atom stereocenters. The summed E-state index contributed by atoms with van der Waals surface area (Å²) in [4.78, 5) is 11.8. The molecular formula is C11H13IN2O. The van der Waals surface area contributed by atoms with Crippen molar-refractivity contribution in [3.8, 4) is 0 Å². The van der Waals surface area contributed by atoms with Crippen LogP contribution in [-0.2, 0) is 4.79 Å². The van der Waals surface area contributed by atoms with E-state index in [9.17, 15) is 4.79 Å². The van der Waals surface area contributed by atoms with E-state index in [0.717, 1.165) is 22.1 Å². The maximum absolute atomic E-state index is 11.8. The lowest BCUT2D eigenvalue weighted by Gasteiger charge is -2.12. The third-order valence-electron chi connectivity index (χ3n) is 2.83. The molecule has 1 fully saturated rings. The highest BCUT2D eigenvalue weighted by Crippen LogP contribution is 2.45. The predicted molar refractivity (Wildman–Crippen MR) is 68.5 cm³/mol. The number of nitrogens with two attached hydrogens (primary N) is 1. The van der Waals surface area contributed by atoms with E-state index < -0.39 is 0 Å². The second kappa shape index (κ2) is 4.09. The SMILES string of the molecule is NCC1(C(=O)Nc2ccc(I)cc2)CC1. The molecule has 1 aliphatic rings. The zero-order chi connectivity index (χ0) is 10.9. The van der Waals surface area contributed by atoms with Crippen LogP contribution in [0.15, 0.2) is 24.3 Å². The maximum atomic E-state index is 11.8. The van der Waals surface area contributed by atoms with Crippen molar-refractivity contribution in [3.05, 3.63) is 27.8 Å². The fourth-order valence-electron chi connectivity index (χ4n) is 1.47. The molecule has 15 heavy (non-hydrogen) atoms. The summed E-state index contributed by atoms with van der Waals surface area (Å²) in [6, 6.07) is 7.76. The fourth-order valence-corrected chi connectivity index (χ4v) is 1.83. The van der Waals surface area contributed by atoms with Gasteiger partial charge in [-0.05, 0) is 59.7 Å². The first-order valence-electron chi connectivity index (χ1n) is 4.93. The first-order valence-corrected chi connectivity index (χ1v) is 6.01. The largest absolute Gasteiger partial charge is 0.329 e. The molecule has 0 aliphatic heterocycles. The minimum atomic E-state index is -0.275. The summed E-state index contributed by atoms with van der Waals surface area (Å²) in [7, 11) is 0. The number of halogens is 1. The number of benzene rings is 1. The molecule has 0 radical (unpaired) electrons. The number of hydrogen-bond acceptors (Lipinski definition) is 2. The Labute approximate surface area is 103 Å². The van der Waals surface area contributed by atoms with Crippen molar-refractivity contribution in [2.45, 2.75) is 12.8 Å². The molecular weight excluding hydrogens is 303 g/mol. The van der Waals surface area contributed by atoms with Crippen molar-refractivity contribution in [2.24, 2.45) is 11.1 Å². The number of anilines is 1. The average molecular weight is 316 g/mol. The van der Waals surface area contributed by atoms with E-state index in [1.807, 2.05) is 24.3 Å². The van der Waals surface area contributed by atoms with Gasteiger partial charge in [-0.15, -0.1) is 0 Å². The number of amides is 1. The molecule has 4 heteroatoms. The Morgan fingerprint density at radius 1 is 1.40 bits per heavy atom. The van der Waals surface area contributed by atoms with E-state index in [0.29, 0.717) is 6.54 Å². The molecule has 1 aliphatic carbocycles. The summed E-state index contributed by atoms with van der Waals surface area (Å²) in [5.41, 5.74) is 6.16. The van der Waals surface area contributed by atoms with Crippen LogP contribution < -0.4 is 11.1 Å². The number of hydrogen-bond donors (Lipinski definition) is 2. The molecule has 0 spiro atoms. The Bertz CT molecular complexity index is 371. The van der Waals surface area contributed by atoms with Gasteiger partial charge in [0.2, 0.25) is 5.91 Å². The second-order valence-electron chi connectivity index (χ2n) is 3.95. The van der Waals surface area contributed by atoms with Crippen LogP contribution in [0.2, 0.25) is 0 Å². The van der Waals surface area contributed by atoms with Crippen LogP contribution >= 0.6 is 22.6 Å². The van der Waals surface area contributed by atoms with Crippen molar-refractivity contribution in [1.29, 1.82) is 0 Å². The summed E-state index contributed by atoms with van der Waals surface area (Å²) < 4.78 is 1.16. The number of rotatable bonds is 3. The Hall–Kier alpha value is -0.620. The van der Waals surface area contributed by atoms with E-state index >= 15 is 0 Å². The van der Waals surface area contributed by atoms with Gasteiger partial charge in [0.1, 0.15) is 0 Å². The topological polar surface area (TPSA) is 55.1 Å². The van der Waals surface area contributed by atoms with E-state index in [2.05, 4.69) is 27.9 Å². The normalized spacial score (nSPS) is 17.2. The third kappa shape index (κ3) is 2.31. The van der Waals surface area contributed by atoms with Crippen LogP contribution in [-0.4, -0.2) is 12.5 Å². The van der Waals surface area contributed by atoms with Crippen LogP contribution in [0.4, 0.5) is 5.69 Å². The van der Waals surface area contributed by atoms with Gasteiger partial charge in [0.15, 0.2) is 0 Å². The molecule has 0 aromatic heterocycles. The summed E-state index contributed by atoms with van der Waals surface area (Å²) in [6.45, 7) is 0.448. The molecule has 3 N–H and O–H groups in total. The molecule has 0 atom stereocenters. The number of carbonyl (C=O) groups excluding carboxylic acids is 1. The molecule has 1 amide bonds. The van der Waals surface area contributed by atoms with E-state index in [1.54, 1.807) is 0 Å². The fraction of sp³-hybridized carbons (Fsp3) is 0.364. The zero-order valence-corrected chi connectivity index (χ0v) is 10.5. The van der Waals surface area contributed by atoms with E-state index in [1.165, 1.54) is 0 Å². The lowest BCUT2D eigenvalue weighted by atomic mass is 10.1. The molecule has 2 rings (SSSR count). The summed E-state index contributed by atoms with van der Waals surface area (Å²) in [6.07, 6.45) is 1.83. The van der Waals surface area contributed by atoms with Gasteiger partial charge in [-0.2, -0.15) is 0 Å². The summed E-state index contributed by atoms with van der Waals surface area (Å²) in [5.74, 6) is 0.0613. The summed E-state index contributed by atoms with van der Waals surface area (Å²) in [5, 5.41) is 2.90. The smallest absolute Gasteiger partial charge is 0.231 e. The van der Waals surface area contributed by atoms with Crippen LogP contribution in [0.1, 0.15) is 12.8 Å². The van der Waals surface area contributed by atoms with Gasteiger partial charge >= 0.3 is 0 Å². The maximum Gasteiger partial charge on any atom is 0.231 e. The Morgan fingerprint density at radius 3 is 2.47 bits per heavy atom. The van der Waals surface area contributed by atoms with Crippen LogP contribution in [0, 0.1) is 8.99 Å². The third-order valence-corrected chi connectivity index (χ3v) is 3.55. The minimum absolute atomic E-state index is 0.0613. The van der Waals surface area contributed by atoms with Crippen molar-refractivity contribution < 1.29 is 4.79 Å². The van der Waals surface area contributed by atoms with Gasteiger partial charge in [0.25, 0.3) is 0 Å².